The fraction of sp³-hybridized carbons (Fsp3) is 0.214. The Bertz CT molecular complexity index is 952. The highest BCUT2D eigenvalue weighted by molar-refractivity contribution is 9.10. The molecule has 1 N–H and O–H groups in total. The molecule has 21 heavy (non-hydrogen) atoms. The maximum atomic E-state index is 12.1. The van der Waals surface area contributed by atoms with E-state index in [4.69, 9.17) is 0 Å². The summed E-state index contributed by atoms with van der Waals surface area (Å²) in [5.41, 5.74) is 1.05. The largest absolute Gasteiger partial charge is 0.336 e. The molecule has 0 amide bonds. The molecule has 2 heterocycles. The molecular weight excluding hydrogens is 336 g/mol. The first-order chi connectivity index (χ1) is 9.97. The van der Waals surface area contributed by atoms with Crippen molar-refractivity contribution in [3.8, 4) is 0 Å². The summed E-state index contributed by atoms with van der Waals surface area (Å²) in [6.45, 7) is 0. The van der Waals surface area contributed by atoms with Gasteiger partial charge < -0.3 is 4.98 Å². The zero-order valence-electron chi connectivity index (χ0n) is 11.6. The van der Waals surface area contributed by atoms with E-state index in [-0.39, 0.29) is 11.2 Å². The second kappa shape index (κ2) is 5.00. The van der Waals surface area contributed by atoms with E-state index in [2.05, 4.69) is 25.9 Å². The number of fused-ring (bicyclic) bond motifs is 1. The van der Waals surface area contributed by atoms with E-state index in [1.54, 1.807) is 7.05 Å². The van der Waals surface area contributed by atoms with Crippen molar-refractivity contribution in [1.29, 1.82) is 0 Å². The van der Waals surface area contributed by atoms with Crippen LogP contribution >= 0.6 is 15.9 Å². The number of nitrogens with one attached hydrogen (secondary N) is 1. The summed E-state index contributed by atoms with van der Waals surface area (Å²) in [6.07, 6.45) is 0.561. The van der Waals surface area contributed by atoms with Crippen molar-refractivity contribution in [3.63, 3.8) is 0 Å². The molecule has 2 aromatic heterocycles. The van der Waals surface area contributed by atoms with Crippen LogP contribution < -0.4 is 11.2 Å². The Morgan fingerprint density at radius 1 is 1.24 bits per heavy atom. The third-order valence-electron chi connectivity index (χ3n) is 3.40. The van der Waals surface area contributed by atoms with E-state index in [9.17, 15) is 9.59 Å². The monoisotopic (exact) mass is 348 g/mol. The van der Waals surface area contributed by atoms with Crippen LogP contribution in [0.15, 0.2) is 38.3 Å². The van der Waals surface area contributed by atoms with E-state index in [1.807, 2.05) is 24.3 Å². The Morgan fingerprint density at radius 2 is 2.00 bits per heavy atom. The molecule has 0 spiro atoms. The quantitative estimate of drug-likeness (QED) is 0.758. The molecule has 0 unspecified atom stereocenters. The number of benzene rings is 1. The highest BCUT2D eigenvalue weighted by Gasteiger charge is 2.13. The van der Waals surface area contributed by atoms with Crippen molar-refractivity contribution in [3.05, 3.63) is 61.0 Å². The SMILES string of the molecule is Cn1c(=O)c2[nH]c(Cc3cccc(Br)c3)nc2n(C)c1=O. The van der Waals surface area contributed by atoms with Gasteiger partial charge >= 0.3 is 5.69 Å². The lowest BCUT2D eigenvalue weighted by molar-refractivity contribution is 0.708. The van der Waals surface area contributed by atoms with Crippen molar-refractivity contribution < 1.29 is 0 Å². The third-order valence-corrected chi connectivity index (χ3v) is 3.90. The topological polar surface area (TPSA) is 72.7 Å². The van der Waals surface area contributed by atoms with Gasteiger partial charge in [-0.15, -0.1) is 0 Å². The first-order valence-electron chi connectivity index (χ1n) is 6.36. The van der Waals surface area contributed by atoms with Gasteiger partial charge in [0.15, 0.2) is 5.65 Å². The third kappa shape index (κ3) is 2.33. The Balaban J connectivity index is 2.14. The van der Waals surface area contributed by atoms with E-state index in [0.717, 1.165) is 14.6 Å². The highest BCUT2D eigenvalue weighted by Crippen LogP contribution is 2.15. The summed E-state index contributed by atoms with van der Waals surface area (Å²) in [5.74, 6) is 0.654. The minimum atomic E-state index is -0.381. The number of nitrogens with zero attached hydrogens (tertiary/aromatic N) is 3. The van der Waals surface area contributed by atoms with Crippen LogP contribution in [0.4, 0.5) is 0 Å². The minimum Gasteiger partial charge on any atom is -0.336 e. The van der Waals surface area contributed by atoms with E-state index < -0.39 is 0 Å². The standard InChI is InChI=1S/C14H13BrN4O2/c1-18-12-11(13(20)19(2)14(18)21)16-10(17-12)7-8-4-3-5-9(15)6-8/h3-6H,7H2,1-2H3,(H,16,17). The van der Waals surface area contributed by atoms with Crippen LogP contribution in [0.25, 0.3) is 11.2 Å². The van der Waals surface area contributed by atoms with E-state index in [1.165, 1.54) is 11.6 Å². The molecule has 7 heteroatoms. The maximum absolute atomic E-state index is 12.1. The second-order valence-corrected chi connectivity index (χ2v) is 5.81. The maximum Gasteiger partial charge on any atom is 0.332 e. The fourth-order valence-corrected chi connectivity index (χ4v) is 2.74. The lowest BCUT2D eigenvalue weighted by atomic mass is 10.1. The van der Waals surface area contributed by atoms with Crippen LogP contribution in [0.5, 0.6) is 0 Å². The van der Waals surface area contributed by atoms with Gasteiger partial charge in [0.25, 0.3) is 5.56 Å². The number of hydrogen-bond acceptors (Lipinski definition) is 3. The molecule has 1 aromatic carbocycles. The van der Waals surface area contributed by atoms with Gasteiger partial charge in [0.1, 0.15) is 11.3 Å². The molecular formula is C14H13BrN4O2. The summed E-state index contributed by atoms with van der Waals surface area (Å²) in [4.78, 5) is 31.4. The Morgan fingerprint density at radius 3 is 2.71 bits per heavy atom. The van der Waals surface area contributed by atoms with Crippen LogP contribution in [-0.4, -0.2) is 19.1 Å². The number of H-pyrrole nitrogens is 1. The first kappa shape index (κ1) is 13.8. The lowest BCUT2D eigenvalue weighted by Gasteiger charge is -2.00. The molecule has 0 radical (unpaired) electrons. The molecule has 0 atom stereocenters. The van der Waals surface area contributed by atoms with Gasteiger partial charge in [-0.1, -0.05) is 28.1 Å². The first-order valence-corrected chi connectivity index (χ1v) is 7.15. The second-order valence-electron chi connectivity index (χ2n) is 4.89. The van der Waals surface area contributed by atoms with Crippen LogP contribution in [-0.2, 0) is 20.5 Å². The number of hydrogen-bond donors (Lipinski definition) is 1. The normalized spacial score (nSPS) is 11.2. The molecule has 3 rings (SSSR count). The zero-order chi connectivity index (χ0) is 15.1. The van der Waals surface area contributed by atoms with Gasteiger partial charge in [-0.3, -0.25) is 13.9 Å². The summed E-state index contributed by atoms with van der Waals surface area (Å²) in [7, 11) is 3.06. The molecule has 0 aliphatic carbocycles. The van der Waals surface area contributed by atoms with Gasteiger partial charge in [-0.2, -0.15) is 0 Å². The molecule has 108 valence electrons. The van der Waals surface area contributed by atoms with Crippen LogP contribution in [0.2, 0.25) is 0 Å². The van der Waals surface area contributed by atoms with Gasteiger partial charge in [0, 0.05) is 25.0 Å². The van der Waals surface area contributed by atoms with Gasteiger partial charge in [0.2, 0.25) is 0 Å². The number of aromatic amines is 1. The number of aryl methyl sites for hydroxylation is 1. The van der Waals surface area contributed by atoms with Gasteiger partial charge in [-0.25, -0.2) is 9.78 Å². The molecule has 6 nitrogen and oxygen atoms in total. The van der Waals surface area contributed by atoms with Crippen molar-refractivity contribution in [2.75, 3.05) is 0 Å². The molecule has 0 fully saturated rings. The number of imidazole rings is 1. The van der Waals surface area contributed by atoms with E-state index >= 15 is 0 Å². The number of aromatic nitrogens is 4. The average molecular weight is 349 g/mol. The fourth-order valence-electron chi connectivity index (χ4n) is 2.30. The summed E-state index contributed by atoms with van der Waals surface area (Å²) in [6, 6.07) is 7.86. The number of halogens is 1. The smallest absolute Gasteiger partial charge is 0.332 e. The van der Waals surface area contributed by atoms with Crippen LogP contribution in [0.3, 0.4) is 0 Å². The van der Waals surface area contributed by atoms with Crippen LogP contribution in [0, 0.1) is 0 Å². The number of rotatable bonds is 2. The van der Waals surface area contributed by atoms with Crippen molar-refractivity contribution in [2.24, 2.45) is 14.1 Å². The lowest BCUT2D eigenvalue weighted by Crippen LogP contribution is -2.36. The Hall–Kier alpha value is -2.15. The molecule has 0 saturated carbocycles. The van der Waals surface area contributed by atoms with E-state index in [0.29, 0.717) is 23.4 Å². The minimum absolute atomic E-state index is 0.351. The summed E-state index contributed by atoms with van der Waals surface area (Å²) >= 11 is 3.42. The highest BCUT2D eigenvalue weighted by atomic mass is 79.9. The summed E-state index contributed by atoms with van der Waals surface area (Å²) < 4.78 is 3.43. The van der Waals surface area contributed by atoms with Gasteiger partial charge in [-0.05, 0) is 17.7 Å². The molecule has 0 saturated heterocycles. The Labute approximate surface area is 128 Å². The summed E-state index contributed by atoms with van der Waals surface area (Å²) in [5, 5.41) is 0. The molecule has 0 aliphatic heterocycles. The predicted molar refractivity (Wildman–Crippen MR) is 83.5 cm³/mol. The zero-order valence-corrected chi connectivity index (χ0v) is 13.1. The molecule has 0 bridgehead atoms. The average Bonchev–Trinajstić information content (AvgIpc) is 2.87. The predicted octanol–water partition coefficient (Wildman–Crippen LogP) is 1.31. The van der Waals surface area contributed by atoms with Crippen molar-refractivity contribution in [2.45, 2.75) is 6.42 Å². The molecule has 3 aromatic rings. The Kier molecular flexibility index (Phi) is 3.29. The van der Waals surface area contributed by atoms with Gasteiger partial charge in [0.05, 0.1) is 0 Å². The van der Waals surface area contributed by atoms with Crippen molar-refractivity contribution in [1.82, 2.24) is 19.1 Å². The van der Waals surface area contributed by atoms with Crippen molar-refractivity contribution >= 4 is 27.1 Å². The molecule has 0 aliphatic rings. The van der Waals surface area contributed by atoms with Crippen LogP contribution in [0.1, 0.15) is 11.4 Å².